The fraction of sp³-hybridized carbons (Fsp3) is 0.182. The second-order valence-corrected chi connectivity index (χ2v) is 9.41. The van der Waals surface area contributed by atoms with Gasteiger partial charge >= 0.3 is 0 Å². The molecule has 30 heavy (non-hydrogen) atoms. The molecule has 8 heteroatoms. The molecule has 4 heterocycles. The first-order valence-corrected chi connectivity index (χ1v) is 11.2. The Labute approximate surface area is 179 Å². The molecule has 1 aromatic carbocycles. The normalized spacial score (nSPS) is 13.3. The summed E-state index contributed by atoms with van der Waals surface area (Å²) in [5, 5.41) is 5.33. The third kappa shape index (κ3) is 3.28. The van der Waals surface area contributed by atoms with Crippen LogP contribution in [0.4, 0.5) is 5.69 Å². The van der Waals surface area contributed by atoms with Crippen molar-refractivity contribution < 1.29 is 9.59 Å². The lowest BCUT2D eigenvalue weighted by atomic mass is 9.99. The molecule has 0 spiro atoms. The summed E-state index contributed by atoms with van der Waals surface area (Å²) in [5.74, 6) is -0.179. The van der Waals surface area contributed by atoms with E-state index in [1.165, 1.54) is 27.1 Å². The maximum Gasteiger partial charge on any atom is 0.263 e. The second-order valence-electron chi connectivity index (χ2n) is 7.26. The topological polar surface area (TPSA) is 81.1 Å². The van der Waals surface area contributed by atoms with Crippen molar-refractivity contribution in [1.29, 1.82) is 0 Å². The van der Waals surface area contributed by atoms with Gasteiger partial charge in [0, 0.05) is 38.4 Å². The van der Waals surface area contributed by atoms with Crippen LogP contribution in [0.1, 0.15) is 27.2 Å². The summed E-state index contributed by atoms with van der Waals surface area (Å²) in [5.41, 5.74) is 2.88. The summed E-state index contributed by atoms with van der Waals surface area (Å²) in [4.78, 5) is 44.8. The monoisotopic (exact) mass is 435 g/mol. The second kappa shape index (κ2) is 7.30. The molecular formula is C22H17N3O3S2. The summed E-state index contributed by atoms with van der Waals surface area (Å²) in [7, 11) is 0. The summed E-state index contributed by atoms with van der Waals surface area (Å²) < 4.78 is 1.38. The molecule has 0 saturated heterocycles. The quantitative estimate of drug-likeness (QED) is 0.486. The van der Waals surface area contributed by atoms with Crippen LogP contribution in [-0.2, 0) is 17.8 Å². The number of carbonyl (C=O) groups excluding carboxylic acids is 2. The van der Waals surface area contributed by atoms with E-state index < -0.39 is 0 Å². The number of thiophene rings is 2. The van der Waals surface area contributed by atoms with Gasteiger partial charge in [0.05, 0.1) is 18.3 Å². The van der Waals surface area contributed by atoms with E-state index in [4.69, 9.17) is 0 Å². The summed E-state index contributed by atoms with van der Waals surface area (Å²) >= 11 is 3.07. The molecule has 3 aromatic heterocycles. The number of aromatic nitrogens is 2. The van der Waals surface area contributed by atoms with Gasteiger partial charge in [0.25, 0.3) is 5.56 Å². The molecule has 0 bridgehead atoms. The number of nitrogens with zero attached hydrogens (tertiary/aromatic N) is 2. The van der Waals surface area contributed by atoms with Gasteiger partial charge in [-0.15, -0.1) is 22.7 Å². The Hall–Kier alpha value is -3.10. The number of amides is 1. The Morgan fingerprint density at radius 2 is 2.07 bits per heavy atom. The molecule has 0 saturated carbocycles. The fourth-order valence-electron chi connectivity index (χ4n) is 3.64. The fourth-order valence-corrected chi connectivity index (χ4v) is 5.51. The minimum Gasteiger partial charge on any atom is -0.326 e. The van der Waals surface area contributed by atoms with Crippen LogP contribution in [-0.4, -0.2) is 21.2 Å². The maximum atomic E-state index is 13.2. The number of nitrogens with one attached hydrogen (secondary N) is 1. The molecule has 0 fully saturated rings. The SMILES string of the molecule is Cc1ccc(-c2csc3ncn(CC(=O)c4ccc5c(c4)CCC(=O)N5)c(=O)c23)s1. The van der Waals surface area contributed by atoms with Gasteiger partial charge in [0.1, 0.15) is 4.83 Å². The van der Waals surface area contributed by atoms with Crippen LogP contribution in [0.15, 0.2) is 46.8 Å². The van der Waals surface area contributed by atoms with Crippen LogP contribution in [0.3, 0.4) is 0 Å². The van der Waals surface area contributed by atoms with Gasteiger partial charge in [-0.3, -0.25) is 19.0 Å². The number of Topliss-reactive ketones (excluding diaryl/α,β-unsaturated/α-hetero) is 1. The van der Waals surface area contributed by atoms with Crippen LogP contribution < -0.4 is 10.9 Å². The summed E-state index contributed by atoms with van der Waals surface area (Å²) in [6.45, 7) is 1.95. The number of ketones is 1. The zero-order valence-corrected chi connectivity index (χ0v) is 17.7. The molecule has 0 atom stereocenters. The number of anilines is 1. The average Bonchev–Trinajstić information content (AvgIpc) is 3.36. The smallest absolute Gasteiger partial charge is 0.263 e. The van der Waals surface area contributed by atoms with Crippen molar-refractivity contribution in [3.8, 4) is 10.4 Å². The third-order valence-electron chi connectivity index (χ3n) is 5.20. The number of rotatable bonds is 4. The van der Waals surface area contributed by atoms with Crippen LogP contribution in [0.2, 0.25) is 0 Å². The molecular weight excluding hydrogens is 418 g/mol. The predicted molar refractivity (Wildman–Crippen MR) is 120 cm³/mol. The van der Waals surface area contributed by atoms with Crippen molar-refractivity contribution in [1.82, 2.24) is 9.55 Å². The van der Waals surface area contributed by atoms with E-state index in [2.05, 4.69) is 10.3 Å². The Morgan fingerprint density at radius 3 is 2.87 bits per heavy atom. The molecule has 1 aliphatic heterocycles. The van der Waals surface area contributed by atoms with Crippen molar-refractivity contribution in [2.45, 2.75) is 26.3 Å². The van der Waals surface area contributed by atoms with E-state index >= 15 is 0 Å². The zero-order valence-electron chi connectivity index (χ0n) is 16.1. The van der Waals surface area contributed by atoms with Crippen molar-refractivity contribution in [2.75, 3.05) is 5.32 Å². The van der Waals surface area contributed by atoms with E-state index in [1.807, 2.05) is 24.4 Å². The van der Waals surface area contributed by atoms with Gasteiger partial charge in [-0.05, 0) is 49.2 Å². The Bertz CT molecular complexity index is 1380. The van der Waals surface area contributed by atoms with Crippen molar-refractivity contribution >= 4 is 50.3 Å². The number of aryl methyl sites for hydroxylation is 2. The average molecular weight is 436 g/mol. The lowest BCUT2D eigenvalue weighted by Crippen LogP contribution is -2.25. The molecule has 1 amide bonds. The van der Waals surface area contributed by atoms with Crippen LogP contribution in [0.25, 0.3) is 20.7 Å². The number of fused-ring (bicyclic) bond motifs is 2. The van der Waals surface area contributed by atoms with E-state index in [0.29, 0.717) is 28.6 Å². The van der Waals surface area contributed by atoms with Gasteiger partial charge in [-0.25, -0.2) is 4.98 Å². The Morgan fingerprint density at radius 1 is 1.20 bits per heavy atom. The Balaban J connectivity index is 1.48. The lowest BCUT2D eigenvalue weighted by Gasteiger charge is -2.17. The third-order valence-corrected chi connectivity index (χ3v) is 7.12. The highest BCUT2D eigenvalue weighted by atomic mass is 32.1. The maximum absolute atomic E-state index is 13.2. The largest absolute Gasteiger partial charge is 0.326 e. The zero-order chi connectivity index (χ0) is 20.8. The first kappa shape index (κ1) is 18.9. The lowest BCUT2D eigenvalue weighted by molar-refractivity contribution is -0.116. The van der Waals surface area contributed by atoms with Gasteiger partial charge in [0.2, 0.25) is 5.91 Å². The summed E-state index contributed by atoms with van der Waals surface area (Å²) in [6.07, 6.45) is 2.46. The van der Waals surface area contributed by atoms with Crippen molar-refractivity contribution in [2.24, 2.45) is 0 Å². The van der Waals surface area contributed by atoms with Crippen LogP contribution >= 0.6 is 22.7 Å². The molecule has 0 aliphatic carbocycles. The molecule has 1 aliphatic rings. The van der Waals surface area contributed by atoms with Gasteiger partial charge in [0.15, 0.2) is 5.78 Å². The molecule has 0 radical (unpaired) electrons. The Kier molecular flexibility index (Phi) is 4.60. The molecule has 0 unspecified atom stereocenters. The van der Waals surface area contributed by atoms with Crippen LogP contribution in [0.5, 0.6) is 0 Å². The highest BCUT2D eigenvalue weighted by molar-refractivity contribution is 7.19. The first-order valence-electron chi connectivity index (χ1n) is 9.49. The van der Waals surface area contributed by atoms with Crippen molar-refractivity contribution in [3.63, 3.8) is 0 Å². The van der Waals surface area contributed by atoms with E-state index in [-0.39, 0.29) is 23.8 Å². The molecule has 150 valence electrons. The van der Waals surface area contributed by atoms with E-state index in [1.54, 1.807) is 29.5 Å². The number of hydrogen-bond acceptors (Lipinski definition) is 6. The molecule has 1 N–H and O–H groups in total. The van der Waals surface area contributed by atoms with Crippen LogP contribution in [0, 0.1) is 6.92 Å². The van der Waals surface area contributed by atoms with Gasteiger partial charge in [-0.2, -0.15) is 0 Å². The highest BCUT2D eigenvalue weighted by Gasteiger charge is 2.19. The minimum atomic E-state index is -0.208. The van der Waals surface area contributed by atoms with E-state index in [9.17, 15) is 14.4 Å². The number of benzene rings is 1. The first-order chi connectivity index (χ1) is 14.5. The van der Waals surface area contributed by atoms with Gasteiger partial charge < -0.3 is 5.32 Å². The number of carbonyl (C=O) groups is 2. The minimum absolute atomic E-state index is 0.0139. The molecule has 5 rings (SSSR count). The predicted octanol–water partition coefficient (Wildman–Crippen LogP) is 4.26. The van der Waals surface area contributed by atoms with E-state index in [0.717, 1.165) is 21.7 Å². The number of hydrogen-bond donors (Lipinski definition) is 1. The standard InChI is InChI=1S/C22H17N3O3S2/c1-12-2-6-18(30-12)15-10-29-21-20(15)22(28)25(11-23-21)9-17(26)14-3-5-16-13(8-14)4-7-19(27)24-16/h2-3,5-6,8,10-11H,4,7,9H2,1H3,(H,24,27). The highest BCUT2D eigenvalue weighted by Crippen LogP contribution is 2.35. The summed E-state index contributed by atoms with van der Waals surface area (Å²) in [6, 6.07) is 9.28. The molecule has 4 aromatic rings. The van der Waals surface area contributed by atoms with Gasteiger partial charge in [-0.1, -0.05) is 0 Å². The molecule has 6 nitrogen and oxygen atoms in total. The van der Waals surface area contributed by atoms with Crippen molar-refractivity contribution in [3.05, 3.63) is 68.4 Å².